The van der Waals surface area contributed by atoms with Crippen LogP contribution in [0.4, 0.5) is 0 Å². The van der Waals surface area contributed by atoms with Crippen molar-refractivity contribution in [3.63, 3.8) is 0 Å². The van der Waals surface area contributed by atoms with E-state index in [1.165, 1.54) is 22.3 Å². The highest BCUT2D eigenvalue weighted by Crippen LogP contribution is 2.25. The van der Waals surface area contributed by atoms with Gasteiger partial charge in [-0.1, -0.05) is 72.6 Å². The van der Waals surface area contributed by atoms with Gasteiger partial charge in [-0.2, -0.15) is 0 Å². The number of hydrogen-bond acceptors (Lipinski definition) is 10. The van der Waals surface area contributed by atoms with Crippen molar-refractivity contribution < 1.29 is 47.4 Å². The lowest BCUT2D eigenvalue weighted by Crippen LogP contribution is -2.14. The first-order valence-corrected chi connectivity index (χ1v) is 17.8. The van der Waals surface area contributed by atoms with Gasteiger partial charge in [-0.05, 0) is 43.0 Å². The lowest BCUT2D eigenvalue weighted by atomic mass is 10.1. The zero-order valence-electron chi connectivity index (χ0n) is 30.4. The maximum atomic E-state index is 5.99. The van der Waals surface area contributed by atoms with Gasteiger partial charge in [0.1, 0.15) is 24.7 Å². The predicted molar refractivity (Wildman–Crippen MR) is 193 cm³/mol. The molecule has 0 aliphatic carbocycles. The summed E-state index contributed by atoms with van der Waals surface area (Å²) in [5, 5.41) is 0. The second-order valence-corrected chi connectivity index (χ2v) is 11.6. The summed E-state index contributed by atoms with van der Waals surface area (Å²) < 4.78 is 56.7. The van der Waals surface area contributed by atoms with Crippen LogP contribution in [0.1, 0.15) is 34.7 Å². The Hall–Kier alpha value is -3.06. The molecule has 50 heavy (non-hydrogen) atoms. The smallest absolute Gasteiger partial charge is 0.126 e. The first kappa shape index (κ1) is 41.4. The van der Waals surface area contributed by atoms with Crippen molar-refractivity contribution in [3.05, 3.63) is 94.5 Å². The molecule has 0 saturated heterocycles. The summed E-state index contributed by atoms with van der Waals surface area (Å²) in [6, 6.07) is 22.6. The van der Waals surface area contributed by atoms with E-state index in [2.05, 4.69) is 69.3 Å². The standard InChI is InChI=1S/C40H58O10/c1-4-38-13-14-39(49-29-27-45-21-19-41-15-17-43-23-25-47-32-36-9-5-34(2)6-10-36)31-40(38)50-30-28-46-22-20-42-16-18-44-24-26-48-33-37-11-7-35(3)8-12-37/h5-14,31H,4,15-30,32-33H2,1-3H3. The number of ether oxygens (including phenoxy) is 10. The van der Waals surface area contributed by atoms with Crippen molar-refractivity contribution >= 4 is 0 Å². The molecule has 3 aromatic carbocycles. The lowest BCUT2D eigenvalue weighted by Gasteiger charge is -2.14. The third-order valence-electron chi connectivity index (χ3n) is 7.41. The van der Waals surface area contributed by atoms with Crippen LogP contribution in [0.3, 0.4) is 0 Å². The lowest BCUT2D eigenvalue weighted by molar-refractivity contribution is -0.00680. The van der Waals surface area contributed by atoms with Crippen LogP contribution < -0.4 is 9.47 Å². The van der Waals surface area contributed by atoms with E-state index >= 15 is 0 Å². The van der Waals surface area contributed by atoms with Crippen LogP contribution in [-0.2, 0) is 57.5 Å². The van der Waals surface area contributed by atoms with E-state index in [4.69, 9.17) is 47.4 Å². The Bertz CT molecular complexity index is 1240. The van der Waals surface area contributed by atoms with E-state index in [9.17, 15) is 0 Å². The molecule has 278 valence electrons. The minimum Gasteiger partial charge on any atom is -0.491 e. The van der Waals surface area contributed by atoms with Crippen molar-refractivity contribution in [1.82, 2.24) is 0 Å². The van der Waals surface area contributed by atoms with Gasteiger partial charge in [0, 0.05) is 6.07 Å². The average Bonchev–Trinajstić information content (AvgIpc) is 3.13. The van der Waals surface area contributed by atoms with Crippen LogP contribution >= 0.6 is 0 Å². The van der Waals surface area contributed by atoms with Crippen molar-refractivity contribution in [1.29, 1.82) is 0 Å². The Morgan fingerprint density at radius 3 is 1.14 bits per heavy atom. The molecule has 0 saturated carbocycles. The molecule has 3 aromatic rings. The number of benzene rings is 3. The van der Waals surface area contributed by atoms with Crippen LogP contribution in [0.15, 0.2) is 66.7 Å². The molecule has 0 amide bonds. The molecule has 0 aliphatic heterocycles. The summed E-state index contributed by atoms with van der Waals surface area (Å²) in [7, 11) is 0. The van der Waals surface area contributed by atoms with Gasteiger partial charge in [0.25, 0.3) is 0 Å². The Morgan fingerprint density at radius 1 is 0.380 bits per heavy atom. The molecule has 0 atom stereocenters. The maximum Gasteiger partial charge on any atom is 0.126 e. The summed E-state index contributed by atoms with van der Waals surface area (Å²) in [6.45, 7) is 15.6. The van der Waals surface area contributed by atoms with Crippen LogP contribution in [-0.4, -0.2) is 106 Å². The Labute approximate surface area is 299 Å². The van der Waals surface area contributed by atoms with E-state index in [-0.39, 0.29) is 0 Å². The molecule has 0 radical (unpaired) electrons. The third kappa shape index (κ3) is 20.0. The molecular formula is C40H58O10. The molecule has 0 aromatic heterocycles. The molecule has 0 fully saturated rings. The fraction of sp³-hybridized carbons (Fsp3) is 0.550. The van der Waals surface area contributed by atoms with Crippen LogP contribution in [0, 0.1) is 13.8 Å². The van der Waals surface area contributed by atoms with Gasteiger partial charge >= 0.3 is 0 Å². The molecule has 10 nitrogen and oxygen atoms in total. The number of hydrogen-bond donors (Lipinski definition) is 0. The molecule has 3 rings (SSSR count). The first-order chi connectivity index (χ1) is 24.6. The van der Waals surface area contributed by atoms with E-state index in [1.807, 2.05) is 18.2 Å². The maximum absolute atomic E-state index is 5.99. The van der Waals surface area contributed by atoms with E-state index in [0.29, 0.717) is 119 Å². The van der Waals surface area contributed by atoms with Gasteiger partial charge < -0.3 is 47.4 Å². The molecule has 0 aliphatic rings. The van der Waals surface area contributed by atoms with Gasteiger partial charge in [-0.25, -0.2) is 0 Å². The second-order valence-electron chi connectivity index (χ2n) is 11.6. The minimum atomic E-state index is 0.437. The van der Waals surface area contributed by atoms with Gasteiger partial charge in [0.05, 0.1) is 106 Å². The highest BCUT2D eigenvalue weighted by molar-refractivity contribution is 5.40. The molecule has 0 bridgehead atoms. The largest absolute Gasteiger partial charge is 0.491 e. The van der Waals surface area contributed by atoms with Gasteiger partial charge in [-0.15, -0.1) is 0 Å². The fourth-order valence-corrected chi connectivity index (χ4v) is 4.55. The second kappa shape index (κ2) is 27.6. The minimum absolute atomic E-state index is 0.437. The molecule has 0 spiro atoms. The summed E-state index contributed by atoms with van der Waals surface area (Å²) in [5.74, 6) is 1.55. The quantitative estimate of drug-likeness (QED) is 0.0729. The van der Waals surface area contributed by atoms with Crippen LogP contribution in [0.25, 0.3) is 0 Å². The van der Waals surface area contributed by atoms with Gasteiger partial charge in [0.2, 0.25) is 0 Å². The predicted octanol–water partition coefficient (Wildman–Crippen LogP) is 6.16. The monoisotopic (exact) mass is 698 g/mol. The average molecular weight is 699 g/mol. The summed E-state index contributed by atoms with van der Waals surface area (Å²) >= 11 is 0. The highest BCUT2D eigenvalue weighted by Gasteiger charge is 2.06. The van der Waals surface area contributed by atoms with Gasteiger partial charge in [-0.3, -0.25) is 0 Å². The normalized spacial score (nSPS) is 11.3. The topological polar surface area (TPSA) is 92.3 Å². The van der Waals surface area contributed by atoms with Crippen molar-refractivity contribution in [3.8, 4) is 11.5 Å². The number of rotatable bonds is 31. The number of aryl methyl sites for hydroxylation is 3. The SMILES string of the molecule is CCc1ccc(OCCOCCOCCOCCOCc2ccc(C)cc2)cc1OCCOCCOCCOCCOCc1ccc(C)cc1. The molecule has 0 heterocycles. The molecular weight excluding hydrogens is 640 g/mol. The fourth-order valence-electron chi connectivity index (χ4n) is 4.55. The van der Waals surface area contributed by atoms with Crippen molar-refractivity contribution in [2.75, 3.05) is 106 Å². The Kier molecular flexibility index (Phi) is 22.9. The zero-order chi connectivity index (χ0) is 35.3. The zero-order valence-corrected chi connectivity index (χ0v) is 30.4. The molecule has 10 heteroatoms. The first-order valence-electron chi connectivity index (χ1n) is 17.8. The molecule has 0 N–H and O–H groups in total. The molecule has 0 unspecified atom stereocenters. The van der Waals surface area contributed by atoms with Gasteiger partial charge in [0.15, 0.2) is 0 Å². The Morgan fingerprint density at radius 2 is 0.740 bits per heavy atom. The summed E-state index contributed by atoms with van der Waals surface area (Å²) in [5.41, 5.74) is 5.94. The van der Waals surface area contributed by atoms with Crippen LogP contribution in [0.5, 0.6) is 11.5 Å². The van der Waals surface area contributed by atoms with Crippen LogP contribution in [0.2, 0.25) is 0 Å². The van der Waals surface area contributed by atoms with E-state index in [0.717, 1.165) is 23.5 Å². The van der Waals surface area contributed by atoms with Crippen molar-refractivity contribution in [2.45, 2.75) is 40.4 Å². The van der Waals surface area contributed by atoms with E-state index in [1.54, 1.807) is 0 Å². The highest BCUT2D eigenvalue weighted by atomic mass is 16.6. The third-order valence-corrected chi connectivity index (χ3v) is 7.41. The van der Waals surface area contributed by atoms with Crippen molar-refractivity contribution in [2.24, 2.45) is 0 Å². The summed E-state index contributed by atoms with van der Waals surface area (Å²) in [4.78, 5) is 0. The Balaban J connectivity index is 1.08. The van der Waals surface area contributed by atoms with E-state index < -0.39 is 0 Å². The summed E-state index contributed by atoms with van der Waals surface area (Å²) in [6.07, 6.45) is 0.862.